The molecular formula is C16H20N4O3. The maximum Gasteiger partial charge on any atom is 0.258 e. The summed E-state index contributed by atoms with van der Waals surface area (Å²) >= 11 is 0. The van der Waals surface area contributed by atoms with Crippen LogP contribution in [0.15, 0.2) is 42.7 Å². The summed E-state index contributed by atoms with van der Waals surface area (Å²) in [5, 5.41) is 6.81. The topological polar surface area (TPSA) is 76.5 Å². The number of nitrogens with one attached hydrogen (secondary N) is 1. The number of hydrogen-bond acceptors (Lipinski definition) is 4. The van der Waals surface area contributed by atoms with E-state index in [1.54, 1.807) is 20.3 Å². The van der Waals surface area contributed by atoms with Crippen molar-refractivity contribution < 1.29 is 14.3 Å². The number of carbonyl (C=O) groups excluding carboxylic acids is 2. The van der Waals surface area contributed by atoms with Gasteiger partial charge in [0.2, 0.25) is 5.91 Å². The number of amides is 2. The molecule has 7 nitrogen and oxygen atoms in total. The van der Waals surface area contributed by atoms with E-state index in [0.29, 0.717) is 5.69 Å². The van der Waals surface area contributed by atoms with E-state index in [-0.39, 0.29) is 18.4 Å². The standard InChI is InChI=1S/C16H20N4O3/c1-19(2)14(21)11-20-10-13(9-17-20)18-16(22)15(23-3)12-7-5-4-6-8-12/h4-10,15H,11H2,1-3H3,(H,18,22)/t15-/m0/s1. The zero-order valence-electron chi connectivity index (χ0n) is 13.4. The van der Waals surface area contributed by atoms with Crippen molar-refractivity contribution in [3.05, 3.63) is 48.3 Å². The summed E-state index contributed by atoms with van der Waals surface area (Å²) in [6, 6.07) is 9.22. The fraction of sp³-hybridized carbons (Fsp3) is 0.312. The fourth-order valence-corrected chi connectivity index (χ4v) is 2.02. The lowest BCUT2D eigenvalue weighted by molar-refractivity contribution is -0.129. The first-order valence-corrected chi connectivity index (χ1v) is 7.12. The Morgan fingerprint density at radius 2 is 2.00 bits per heavy atom. The van der Waals surface area contributed by atoms with Crippen molar-refractivity contribution in [3.8, 4) is 0 Å². The minimum absolute atomic E-state index is 0.0787. The second-order valence-electron chi connectivity index (χ2n) is 5.23. The van der Waals surface area contributed by atoms with Gasteiger partial charge in [-0.25, -0.2) is 0 Å². The Morgan fingerprint density at radius 1 is 1.30 bits per heavy atom. The van der Waals surface area contributed by atoms with Gasteiger partial charge in [0, 0.05) is 27.4 Å². The van der Waals surface area contributed by atoms with Crippen LogP contribution in [0, 0.1) is 0 Å². The Bertz CT molecular complexity index is 667. The molecule has 23 heavy (non-hydrogen) atoms. The molecule has 122 valence electrons. The third-order valence-corrected chi connectivity index (χ3v) is 3.27. The minimum Gasteiger partial charge on any atom is -0.367 e. The summed E-state index contributed by atoms with van der Waals surface area (Å²) in [5.41, 5.74) is 1.28. The second-order valence-corrected chi connectivity index (χ2v) is 5.23. The SMILES string of the molecule is CO[C@H](C(=O)Nc1cnn(CC(=O)N(C)C)c1)c1ccccc1. The molecule has 2 amide bonds. The number of nitrogens with zero attached hydrogens (tertiary/aromatic N) is 3. The van der Waals surface area contributed by atoms with Gasteiger partial charge in [0.1, 0.15) is 6.54 Å². The Labute approximate surface area is 134 Å². The zero-order valence-corrected chi connectivity index (χ0v) is 13.4. The third kappa shape index (κ3) is 4.40. The Morgan fingerprint density at radius 3 is 2.61 bits per heavy atom. The molecule has 0 spiro atoms. The summed E-state index contributed by atoms with van der Waals surface area (Å²) in [6.45, 7) is 0.120. The third-order valence-electron chi connectivity index (χ3n) is 3.27. The number of benzene rings is 1. The highest BCUT2D eigenvalue weighted by Gasteiger charge is 2.20. The molecule has 1 aromatic heterocycles. The summed E-state index contributed by atoms with van der Waals surface area (Å²) in [7, 11) is 4.84. The van der Waals surface area contributed by atoms with Gasteiger partial charge in [-0.15, -0.1) is 0 Å². The summed E-state index contributed by atoms with van der Waals surface area (Å²) in [6.07, 6.45) is 2.40. The monoisotopic (exact) mass is 316 g/mol. The average molecular weight is 316 g/mol. The molecule has 0 fully saturated rings. The second kappa shape index (κ2) is 7.55. The highest BCUT2D eigenvalue weighted by Crippen LogP contribution is 2.18. The largest absolute Gasteiger partial charge is 0.367 e. The lowest BCUT2D eigenvalue weighted by Crippen LogP contribution is -2.26. The van der Waals surface area contributed by atoms with Gasteiger partial charge < -0.3 is 15.0 Å². The molecule has 0 aliphatic rings. The molecule has 0 saturated heterocycles. The first kappa shape index (κ1) is 16.7. The number of anilines is 1. The maximum absolute atomic E-state index is 12.3. The van der Waals surface area contributed by atoms with Crippen molar-refractivity contribution in [2.75, 3.05) is 26.5 Å². The normalized spacial score (nSPS) is 11.8. The van der Waals surface area contributed by atoms with Gasteiger partial charge in [-0.3, -0.25) is 14.3 Å². The first-order chi connectivity index (χ1) is 11.0. The van der Waals surface area contributed by atoms with E-state index in [1.165, 1.54) is 22.9 Å². The maximum atomic E-state index is 12.3. The van der Waals surface area contributed by atoms with Crippen LogP contribution in [0.3, 0.4) is 0 Å². The van der Waals surface area contributed by atoms with Crippen LogP contribution in [0.4, 0.5) is 5.69 Å². The summed E-state index contributed by atoms with van der Waals surface area (Å²) in [5.74, 6) is -0.373. The Balaban J connectivity index is 2.02. The van der Waals surface area contributed by atoms with Gasteiger partial charge in [-0.1, -0.05) is 30.3 Å². The van der Waals surface area contributed by atoms with Gasteiger partial charge in [0.05, 0.1) is 11.9 Å². The highest BCUT2D eigenvalue weighted by molar-refractivity contribution is 5.94. The van der Waals surface area contributed by atoms with E-state index in [0.717, 1.165) is 5.56 Å². The van der Waals surface area contributed by atoms with Crippen molar-refractivity contribution >= 4 is 17.5 Å². The van der Waals surface area contributed by atoms with E-state index < -0.39 is 6.10 Å². The molecule has 1 heterocycles. The molecule has 1 atom stereocenters. The molecule has 0 saturated carbocycles. The number of aromatic nitrogens is 2. The molecule has 0 aliphatic heterocycles. The van der Waals surface area contributed by atoms with Crippen LogP contribution >= 0.6 is 0 Å². The number of likely N-dealkylation sites (N-methyl/N-ethyl adjacent to an activating group) is 1. The van der Waals surface area contributed by atoms with E-state index in [2.05, 4.69) is 10.4 Å². The lowest BCUT2D eigenvalue weighted by Gasteiger charge is -2.14. The molecule has 0 bridgehead atoms. The van der Waals surface area contributed by atoms with Crippen molar-refractivity contribution in [1.29, 1.82) is 0 Å². The molecule has 1 aromatic carbocycles. The molecule has 2 aromatic rings. The van der Waals surface area contributed by atoms with Gasteiger partial charge in [-0.05, 0) is 5.56 Å². The predicted octanol–water partition coefficient (Wildman–Crippen LogP) is 1.30. The van der Waals surface area contributed by atoms with Crippen LogP contribution in [0.2, 0.25) is 0 Å². The van der Waals surface area contributed by atoms with E-state index in [9.17, 15) is 9.59 Å². The van der Waals surface area contributed by atoms with Gasteiger partial charge >= 0.3 is 0 Å². The quantitative estimate of drug-likeness (QED) is 0.871. The number of rotatable bonds is 6. The van der Waals surface area contributed by atoms with Gasteiger partial charge in [-0.2, -0.15) is 5.10 Å². The molecule has 0 aliphatic carbocycles. The van der Waals surface area contributed by atoms with Gasteiger partial charge in [0.25, 0.3) is 5.91 Å². The Kier molecular flexibility index (Phi) is 5.48. The molecular weight excluding hydrogens is 296 g/mol. The number of carbonyl (C=O) groups is 2. The van der Waals surface area contributed by atoms with Crippen LogP contribution in [-0.2, 0) is 20.9 Å². The number of hydrogen-bond donors (Lipinski definition) is 1. The van der Waals surface area contributed by atoms with Crippen molar-refractivity contribution in [2.45, 2.75) is 12.6 Å². The van der Waals surface area contributed by atoms with Crippen LogP contribution in [0.1, 0.15) is 11.7 Å². The molecule has 0 unspecified atom stereocenters. The number of methoxy groups -OCH3 is 1. The van der Waals surface area contributed by atoms with Crippen LogP contribution in [-0.4, -0.2) is 47.7 Å². The smallest absolute Gasteiger partial charge is 0.258 e. The summed E-state index contributed by atoms with van der Waals surface area (Å²) in [4.78, 5) is 25.5. The predicted molar refractivity (Wildman–Crippen MR) is 85.7 cm³/mol. The van der Waals surface area contributed by atoms with E-state index in [1.807, 2.05) is 30.3 Å². The van der Waals surface area contributed by atoms with Crippen LogP contribution in [0.5, 0.6) is 0 Å². The van der Waals surface area contributed by atoms with E-state index in [4.69, 9.17) is 4.74 Å². The zero-order chi connectivity index (χ0) is 16.8. The van der Waals surface area contributed by atoms with E-state index >= 15 is 0 Å². The number of ether oxygens (including phenoxy) is 1. The van der Waals surface area contributed by atoms with Gasteiger partial charge in [0.15, 0.2) is 6.10 Å². The fourth-order valence-electron chi connectivity index (χ4n) is 2.02. The highest BCUT2D eigenvalue weighted by atomic mass is 16.5. The van der Waals surface area contributed by atoms with Crippen LogP contribution < -0.4 is 5.32 Å². The van der Waals surface area contributed by atoms with Crippen molar-refractivity contribution in [1.82, 2.24) is 14.7 Å². The molecule has 2 rings (SSSR count). The minimum atomic E-state index is -0.706. The average Bonchev–Trinajstić information content (AvgIpc) is 2.96. The first-order valence-electron chi connectivity index (χ1n) is 7.12. The molecule has 0 radical (unpaired) electrons. The van der Waals surface area contributed by atoms with Crippen molar-refractivity contribution in [2.24, 2.45) is 0 Å². The summed E-state index contributed by atoms with van der Waals surface area (Å²) < 4.78 is 6.75. The Hall–Kier alpha value is -2.67. The molecule has 1 N–H and O–H groups in total. The molecule has 7 heteroatoms. The lowest BCUT2D eigenvalue weighted by atomic mass is 10.1. The van der Waals surface area contributed by atoms with Crippen molar-refractivity contribution in [3.63, 3.8) is 0 Å². The van der Waals surface area contributed by atoms with Crippen LogP contribution in [0.25, 0.3) is 0 Å².